The highest BCUT2D eigenvalue weighted by Gasteiger charge is 2.34. The van der Waals surface area contributed by atoms with Gasteiger partial charge in [0.15, 0.2) is 5.13 Å². The number of fused-ring (bicyclic) bond motifs is 1. The maximum absolute atomic E-state index is 11.9. The number of ether oxygens (including phenoxy) is 2. The van der Waals surface area contributed by atoms with Gasteiger partial charge in [-0.2, -0.15) is 0 Å². The third kappa shape index (κ3) is 3.90. The first-order valence-corrected chi connectivity index (χ1v) is 10.4. The molecule has 1 aliphatic rings. The number of methoxy groups -OCH3 is 1. The van der Waals surface area contributed by atoms with Crippen LogP contribution in [0.3, 0.4) is 0 Å². The number of pyridine rings is 1. The molecule has 3 heterocycles. The summed E-state index contributed by atoms with van der Waals surface area (Å²) in [6.07, 6.45) is 0.625. The number of nitrogens with zero attached hydrogens (tertiary/aromatic N) is 3. The standard InChI is InChI=1S/C21H24N4O3S/c1-12(26)19-8-14(10-25(19)3)28-20-9-17(18-11-29-21(22-2)24-18)23-16-7-13(27-4)5-6-15(16)20/h5-7,9,11,14,19H,8,10H2,1-4H3,(H,22,24). The molecule has 1 N–H and O–H groups in total. The van der Waals surface area contributed by atoms with E-state index in [0.717, 1.165) is 38.9 Å². The second-order valence-electron chi connectivity index (χ2n) is 7.22. The van der Waals surface area contributed by atoms with Crippen molar-refractivity contribution in [3.8, 4) is 22.9 Å². The SMILES string of the molecule is CNc1nc(-c2cc(OC3CC(C(C)=O)N(C)C3)c3ccc(OC)cc3n2)cs1. The van der Waals surface area contributed by atoms with Crippen molar-refractivity contribution in [3.05, 3.63) is 29.6 Å². The Labute approximate surface area is 173 Å². The second kappa shape index (κ2) is 7.96. The summed E-state index contributed by atoms with van der Waals surface area (Å²) in [5, 5.41) is 6.77. The Morgan fingerprint density at radius 3 is 2.76 bits per heavy atom. The van der Waals surface area contributed by atoms with E-state index in [4.69, 9.17) is 14.5 Å². The van der Waals surface area contributed by atoms with Gasteiger partial charge in [0.25, 0.3) is 0 Å². The van der Waals surface area contributed by atoms with Crippen LogP contribution in [0.25, 0.3) is 22.3 Å². The van der Waals surface area contributed by atoms with Crippen molar-refractivity contribution >= 4 is 33.2 Å². The number of hydrogen-bond donors (Lipinski definition) is 1. The van der Waals surface area contributed by atoms with Gasteiger partial charge >= 0.3 is 0 Å². The summed E-state index contributed by atoms with van der Waals surface area (Å²) < 4.78 is 11.8. The molecule has 0 spiro atoms. The van der Waals surface area contributed by atoms with Crippen LogP contribution < -0.4 is 14.8 Å². The van der Waals surface area contributed by atoms with Gasteiger partial charge in [-0.25, -0.2) is 9.97 Å². The highest BCUT2D eigenvalue weighted by molar-refractivity contribution is 7.14. The van der Waals surface area contributed by atoms with Crippen LogP contribution in [0.2, 0.25) is 0 Å². The van der Waals surface area contributed by atoms with Crippen molar-refractivity contribution in [2.75, 3.05) is 33.1 Å². The molecule has 8 heteroatoms. The molecule has 0 amide bonds. The fourth-order valence-corrected chi connectivity index (χ4v) is 4.40. The lowest BCUT2D eigenvalue weighted by atomic mass is 10.1. The fraction of sp³-hybridized carbons (Fsp3) is 0.381. The van der Waals surface area contributed by atoms with Gasteiger partial charge in [0.1, 0.15) is 29.1 Å². The normalized spacial score (nSPS) is 19.4. The molecule has 7 nitrogen and oxygen atoms in total. The van der Waals surface area contributed by atoms with E-state index in [9.17, 15) is 4.79 Å². The molecule has 152 valence electrons. The predicted molar refractivity (Wildman–Crippen MR) is 115 cm³/mol. The summed E-state index contributed by atoms with van der Waals surface area (Å²) in [7, 11) is 5.45. The van der Waals surface area contributed by atoms with Gasteiger partial charge in [-0.1, -0.05) is 0 Å². The molecular weight excluding hydrogens is 388 g/mol. The highest BCUT2D eigenvalue weighted by Crippen LogP contribution is 2.35. The number of benzene rings is 1. The number of rotatable bonds is 6. The molecule has 4 rings (SSSR count). The van der Waals surface area contributed by atoms with Gasteiger partial charge in [-0.3, -0.25) is 9.69 Å². The number of likely N-dealkylation sites (N-methyl/N-ethyl adjacent to an activating group) is 1. The average molecular weight is 413 g/mol. The highest BCUT2D eigenvalue weighted by atomic mass is 32.1. The second-order valence-corrected chi connectivity index (χ2v) is 8.08. The van der Waals surface area contributed by atoms with Crippen molar-refractivity contribution < 1.29 is 14.3 Å². The van der Waals surface area contributed by atoms with Gasteiger partial charge < -0.3 is 14.8 Å². The lowest BCUT2D eigenvalue weighted by Crippen LogP contribution is -2.31. The zero-order valence-electron chi connectivity index (χ0n) is 16.9. The molecule has 2 atom stereocenters. The van der Waals surface area contributed by atoms with Crippen molar-refractivity contribution in [1.82, 2.24) is 14.9 Å². The molecule has 0 radical (unpaired) electrons. The van der Waals surface area contributed by atoms with E-state index in [1.807, 2.05) is 43.7 Å². The van der Waals surface area contributed by atoms with Crippen LogP contribution in [0, 0.1) is 0 Å². The first-order valence-electron chi connectivity index (χ1n) is 9.48. The molecule has 29 heavy (non-hydrogen) atoms. The summed E-state index contributed by atoms with van der Waals surface area (Å²) in [4.78, 5) is 23.3. The minimum absolute atomic E-state index is 0.0576. The number of anilines is 1. The monoisotopic (exact) mass is 412 g/mol. The quantitative estimate of drug-likeness (QED) is 0.664. The number of aromatic nitrogens is 2. The van der Waals surface area contributed by atoms with Crippen LogP contribution in [0.5, 0.6) is 11.5 Å². The van der Waals surface area contributed by atoms with Gasteiger partial charge in [0.2, 0.25) is 0 Å². The van der Waals surface area contributed by atoms with E-state index in [-0.39, 0.29) is 17.9 Å². The van der Waals surface area contributed by atoms with Crippen LogP contribution in [-0.2, 0) is 4.79 Å². The van der Waals surface area contributed by atoms with E-state index in [2.05, 4.69) is 15.2 Å². The molecule has 0 aliphatic carbocycles. The van der Waals surface area contributed by atoms with Gasteiger partial charge in [-0.05, 0) is 26.1 Å². The Bertz CT molecular complexity index is 1050. The third-order valence-electron chi connectivity index (χ3n) is 5.23. The molecule has 0 bridgehead atoms. The molecule has 1 aliphatic heterocycles. The van der Waals surface area contributed by atoms with E-state index < -0.39 is 0 Å². The summed E-state index contributed by atoms with van der Waals surface area (Å²) in [5.41, 5.74) is 2.32. The fourth-order valence-electron chi connectivity index (χ4n) is 3.73. The first-order chi connectivity index (χ1) is 14.0. The zero-order chi connectivity index (χ0) is 20.5. The minimum Gasteiger partial charge on any atom is -0.497 e. The topological polar surface area (TPSA) is 76.6 Å². The number of nitrogens with one attached hydrogen (secondary N) is 1. The number of hydrogen-bond acceptors (Lipinski definition) is 8. The summed E-state index contributed by atoms with van der Waals surface area (Å²) in [5.74, 6) is 1.65. The van der Waals surface area contributed by atoms with Gasteiger partial charge in [0, 0.05) is 42.9 Å². The average Bonchev–Trinajstić information content (AvgIpc) is 3.34. The van der Waals surface area contributed by atoms with E-state index in [1.54, 1.807) is 14.0 Å². The van der Waals surface area contributed by atoms with Crippen LogP contribution >= 0.6 is 11.3 Å². The number of Topliss-reactive ketones (excluding diaryl/α,β-unsaturated/α-hetero) is 1. The Balaban J connectivity index is 1.74. The maximum atomic E-state index is 11.9. The largest absolute Gasteiger partial charge is 0.497 e. The number of ketones is 1. The Hall–Kier alpha value is -2.71. The zero-order valence-corrected chi connectivity index (χ0v) is 17.7. The smallest absolute Gasteiger partial charge is 0.183 e. The summed E-state index contributed by atoms with van der Waals surface area (Å²) >= 11 is 1.53. The third-order valence-corrected chi connectivity index (χ3v) is 6.09. The van der Waals surface area contributed by atoms with E-state index >= 15 is 0 Å². The van der Waals surface area contributed by atoms with E-state index in [0.29, 0.717) is 13.0 Å². The van der Waals surface area contributed by atoms with Crippen molar-refractivity contribution in [2.24, 2.45) is 0 Å². The van der Waals surface area contributed by atoms with Crippen molar-refractivity contribution in [3.63, 3.8) is 0 Å². The van der Waals surface area contributed by atoms with Crippen LogP contribution in [0.1, 0.15) is 13.3 Å². The summed E-state index contributed by atoms with van der Waals surface area (Å²) in [6.45, 7) is 2.34. The molecular formula is C21H24N4O3S. The van der Waals surface area contributed by atoms with Crippen LogP contribution in [0.4, 0.5) is 5.13 Å². The van der Waals surface area contributed by atoms with Crippen molar-refractivity contribution in [1.29, 1.82) is 0 Å². The molecule has 1 aromatic carbocycles. The van der Waals surface area contributed by atoms with Crippen molar-refractivity contribution in [2.45, 2.75) is 25.5 Å². The van der Waals surface area contributed by atoms with Gasteiger partial charge in [-0.15, -0.1) is 11.3 Å². The molecule has 3 aromatic rings. The molecule has 2 aromatic heterocycles. The first kappa shape index (κ1) is 19.6. The Morgan fingerprint density at radius 1 is 1.28 bits per heavy atom. The lowest BCUT2D eigenvalue weighted by Gasteiger charge is -2.16. The summed E-state index contributed by atoms with van der Waals surface area (Å²) in [6, 6.07) is 7.60. The lowest BCUT2D eigenvalue weighted by molar-refractivity contribution is -0.120. The van der Waals surface area contributed by atoms with Crippen LogP contribution in [0.15, 0.2) is 29.6 Å². The van der Waals surface area contributed by atoms with Gasteiger partial charge in [0.05, 0.1) is 24.4 Å². The van der Waals surface area contributed by atoms with Crippen LogP contribution in [-0.4, -0.2) is 60.5 Å². The molecule has 1 fully saturated rings. The number of carbonyl (C=O) groups is 1. The Kier molecular flexibility index (Phi) is 5.38. The number of carbonyl (C=O) groups excluding carboxylic acids is 1. The molecule has 2 unspecified atom stereocenters. The number of likely N-dealkylation sites (tertiary alicyclic amines) is 1. The maximum Gasteiger partial charge on any atom is 0.183 e. The van der Waals surface area contributed by atoms with E-state index in [1.165, 1.54) is 11.3 Å². The molecule has 0 saturated carbocycles. The predicted octanol–water partition coefficient (Wildman–Crippen LogP) is 3.45. The number of thiazole rings is 1. The minimum atomic E-state index is -0.0932. The molecule has 1 saturated heterocycles. The Morgan fingerprint density at radius 2 is 2.10 bits per heavy atom.